The fourth-order valence-electron chi connectivity index (χ4n) is 0.442. The largest absolute Gasteiger partial charge is 0.372 e. The lowest BCUT2D eigenvalue weighted by molar-refractivity contribution is -0.106. The third-order valence-corrected chi connectivity index (χ3v) is 1.08. The third-order valence-electron chi connectivity index (χ3n) is 0.856. The lowest BCUT2D eigenvalue weighted by atomic mass is 10.3. The number of carbonyl (C=O) groups is 1. The maximum Gasteiger partial charge on any atom is 0.204 e. The SMILES string of the molecule is N#Cc1ccc(Cl)nc1.NC=O. The maximum absolute atomic E-state index is 8.58. The first kappa shape index (κ1) is 10.4. The molecular formula is C7H6ClN3O. The van der Waals surface area contributed by atoms with Gasteiger partial charge in [-0.1, -0.05) is 11.6 Å². The van der Waals surface area contributed by atoms with Gasteiger partial charge in [-0.25, -0.2) is 4.98 Å². The molecule has 5 heteroatoms. The second-order valence-electron chi connectivity index (χ2n) is 1.62. The van der Waals surface area contributed by atoms with E-state index in [0.717, 1.165) is 0 Å². The summed E-state index contributed by atoms with van der Waals surface area (Å²) in [5.41, 5.74) is 4.69. The zero-order valence-electron chi connectivity index (χ0n) is 6.07. The molecule has 0 radical (unpaired) electrons. The number of nitriles is 1. The van der Waals surface area contributed by atoms with Gasteiger partial charge in [0.1, 0.15) is 11.2 Å². The Kier molecular flexibility index (Phi) is 5.31. The molecule has 1 aromatic heterocycles. The summed E-state index contributed by atoms with van der Waals surface area (Å²) in [6, 6.07) is 5.14. The van der Waals surface area contributed by atoms with Crippen molar-refractivity contribution < 1.29 is 4.79 Å². The molecule has 1 rings (SSSR count). The van der Waals surface area contributed by atoms with Crippen LogP contribution in [0.2, 0.25) is 5.15 Å². The van der Waals surface area contributed by atoms with Crippen LogP contribution in [0.15, 0.2) is 18.3 Å². The average Bonchev–Trinajstić information content (AvgIpc) is 2.07. The number of primary amides is 1. The Labute approximate surface area is 74.6 Å². The molecule has 0 aliphatic heterocycles. The highest BCUT2D eigenvalue weighted by atomic mass is 35.5. The molecule has 2 N–H and O–H groups in total. The van der Waals surface area contributed by atoms with Gasteiger partial charge in [0.05, 0.1) is 5.56 Å². The van der Waals surface area contributed by atoms with E-state index in [1.165, 1.54) is 6.20 Å². The van der Waals surface area contributed by atoms with Crippen molar-refractivity contribution in [1.82, 2.24) is 4.98 Å². The van der Waals surface area contributed by atoms with Crippen LogP contribution >= 0.6 is 11.6 Å². The van der Waals surface area contributed by atoms with Crippen LogP contribution in [0, 0.1) is 11.3 Å². The Morgan fingerprint density at radius 1 is 1.67 bits per heavy atom. The summed E-state index contributed by atoms with van der Waals surface area (Å²) >= 11 is 5.45. The van der Waals surface area contributed by atoms with Gasteiger partial charge < -0.3 is 5.73 Å². The quantitative estimate of drug-likeness (QED) is 0.475. The lowest BCUT2D eigenvalue weighted by Crippen LogP contribution is -1.82. The maximum atomic E-state index is 8.58. The minimum Gasteiger partial charge on any atom is -0.372 e. The van der Waals surface area contributed by atoms with Gasteiger partial charge in [0.2, 0.25) is 6.41 Å². The van der Waals surface area contributed by atoms with E-state index in [9.17, 15) is 0 Å². The molecule has 0 unspecified atom stereocenters. The Bertz CT molecular complexity index is 278. The van der Waals surface area contributed by atoms with E-state index in [4.69, 9.17) is 21.7 Å². The number of halogens is 1. The van der Waals surface area contributed by atoms with Crippen molar-refractivity contribution in [2.24, 2.45) is 5.73 Å². The van der Waals surface area contributed by atoms with E-state index in [2.05, 4.69) is 10.7 Å². The number of pyridine rings is 1. The minimum absolute atomic E-state index is 0.250. The van der Waals surface area contributed by atoms with Gasteiger partial charge in [0, 0.05) is 6.20 Å². The molecule has 1 amide bonds. The summed E-state index contributed by atoms with van der Waals surface area (Å²) in [5.74, 6) is 0. The predicted molar refractivity (Wildman–Crippen MR) is 44.2 cm³/mol. The molecule has 12 heavy (non-hydrogen) atoms. The molecule has 1 aromatic rings. The molecule has 0 aromatic carbocycles. The monoisotopic (exact) mass is 183 g/mol. The average molecular weight is 184 g/mol. The van der Waals surface area contributed by atoms with Crippen molar-refractivity contribution in [3.05, 3.63) is 29.0 Å². The summed E-state index contributed by atoms with van der Waals surface area (Å²) in [5, 5.41) is 8.71. The molecule has 62 valence electrons. The molecule has 0 saturated heterocycles. The Balaban J connectivity index is 0.000000354. The number of hydrogen-bond donors (Lipinski definition) is 1. The highest BCUT2D eigenvalue weighted by Crippen LogP contribution is 2.02. The smallest absolute Gasteiger partial charge is 0.204 e. The van der Waals surface area contributed by atoms with Crippen LogP contribution in [0.1, 0.15) is 5.56 Å². The van der Waals surface area contributed by atoms with Crippen LogP contribution in [0.3, 0.4) is 0 Å². The van der Waals surface area contributed by atoms with Crippen molar-refractivity contribution in [3.63, 3.8) is 0 Å². The van der Waals surface area contributed by atoms with Crippen LogP contribution in [0.4, 0.5) is 0 Å². The molecule has 4 nitrogen and oxygen atoms in total. The van der Waals surface area contributed by atoms with E-state index in [0.29, 0.717) is 10.7 Å². The van der Waals surface area contributed by atoms with Crippen molar-refractivity contribution in [2.45, 2.75) is 0 Å². The molecule has 0 spiro atoms. The number of rotatable bonds is 0. The van der Waals surface area contributed by atoms with Crippen LogP contribution in [-0.2, 0) is 4.79 Å². The fourth-order valence-corrected chi connectivity index (χ4v) is 0.554. The first-order chi connectivity index (χ1) is 5.74. The van der Waals surface area contributed by atoms with E-state index in [1.807, 2.05) is 6.07 Å². The second-order valence-corrected chi connectivity index (χ2v) is 2.00. The zero-order chi connectivity index (χ0) is 9.40. The number of nitrogens with two attached hydrogens (primary N) is 1. The summed E-state index contributed by atoms with van der Waals surface area (Å²) < 4.78 is 0. The van der Waals surface area contributed by atoms with Gasteiger partial charge in [-0.05, 0) is 12.1 Å². The zero-order valence-corrected chi connectivity index (χ0v) is 6.82. The molecule has 0 atom stereocenters. The summed E-state index contributed by atoms with van der Waals surface area (Å²) in [6.45, 7) is 0. The molecule has 0 fully saturated rings. The molecule has 0 bridgehead atoms. The number of aromatic nitrogens is 1. The summed E-state index contributed by atoms with van der Waals surface area (Å²) in [7, 11) is 0. The standard InChI is InChI=1S/C6H3ClN2.CH3NO/c7-6-2-1-5(3-8)4-9-6;2-1-3/h1-2,4H;1H,(H2,2,3). The van der Waals surface area contributed by atoms with Gasteiger partial charge in [0.15, 0.2) is 0 Å². The van der Waals surface area contributed by atoms with E-state index >= 15 is 0 Å². The van der Waals surface area contributed by atoms with E-state index in [1.54, 1.807) is 12.1 Å². The van der Waals surface area contributed by atoms with Gasteiger partial charge in [-0.3, -0.25) is 4.79 Å². The van der Waals surface area contributed by atoms with E-state index in [-0.39, 0.29) is 6.41 Å². The minimum atomic E-state index is 0.250. The van der Waals surface area contributed by atoms with Crippen molar-refractivity contribution in [2.75, 3.05) is 0 Å². The van der Waals surface area contributed by atoms with Crippen LogP contribution in [0.5, 0.6) is 0 Å². The normalized spacial score (nSPS) is 7.33. The Hall–Kier alpha value is -1.60. The number of amides is 1. The predicted octanol–water partition coefficient (Wildman–Crippen LogP) is 0.708. The molecule has 0 saturated carbocycles. The molecule has 0 aliphatic carbocycles. The molecule has 0 aliphatic rings. The summed E-state index contributed by atoms with van der Waals surface area (Å²) in [4.78, 5) is 12.3. The third kappa shape index (κ3) is 4.25. The lowest BCUT2D eigenvalue weighted by Gasteiger charge is -1.85. The van der Waals surface area contributed by atoms with Gasteiger partial charge in [-0.15, -0.1) is 0 Å². The van der Waals surface area contributed by atoms with Gasteiger partial charge in [-0.2, -0.15) is 5.26 Å². The van der Waals surface area contributed by atoms with Crippen LogP contribution < -0.4 is 5.73 Å². The number of nitrogens with zero attached hydrogens (tertiary/aromatic N) is 2. The Morgan fingerprint density at radius 3 is 2.58 bits per heavy atom. The van der Waals surface area contributed by atoms with Crippen molar-refractivity contribution >= 4 is 18.0 Å². The molecular weight excluding hydrogens is 178 g/mol. The number of hydrogen-bond acceptors (Lipinski definition) is 3. The van der Waals surface area contributed by atoms with Crippen molar-refractivity contribution in [3.8, 4) is 6.07 Å². The number of carbonyl (C=O) groups excluding carboxylic acids is 1. The molecule has 1 heterocycles. The first-order valence-electron chi connectivity index (χ1n) is 2.91. The highest BCUT2D eigenvalue weighted by Gasteiger charge is 1.87. The van der Waals surface area contributed by atoms with E-state index < -0.39 is 0 Å². The van der Waals surface area contributed by atoms with Gasteiger partial charge in [0.25, 0.3) is 0 Å². The van der Waals surface area contributed by atoms with Crippen LogP contribution in [-0.4, -0.2) is 11.4 Å². The Morgan fingerprint density at radius 2 is 2.25 bits per heavy atom. The van der Waals surface area contributed by atoms with Crippen LogP contribution in [0.25, 0.3) is 0 Å². The summed E-state index contributed by atoms with van der Waals surface area (Å²) in [6.07, 6.45) is 1.68. The first-order valence-corrected chi connectivity index (χ1v) is 3.29. The van der Waals surface area contributed by atoms with Crippen molar-refractivity contribution in [1.29, 1.82) is 5.26 Å². The highest BCUT2D eigenvalue weighted by molar-refractivity contribution is 6.29. The van der Waals surface area contributed by atoms with Gasteiger partial charge >= 0.3 is 0 Å². The second kappa shape index (κ2) is 6.13. The fraction of sp³-hybridized carbons (Fsp3) is 0. The topological polar surface area (TPSA) is 79.8 Å².